The van der Waals surface area contributed by atoms with E-state index in [1.807, 2.05) is 23.1 Å². The van der Waals surface area contributed by atoms with Crippen LogP contribution in [0.2, 0.25) is 0 Å². The summed E-state index contributed by atoms with van der Waals surface area (Å²) in [6.07, 6.45) is 4.03. The van der Waals surface area contributed by atoms with Crippen LogP contribution in [0.25, 0.3) is 0 Å². The van der Waals surface area contributed by atoms with Crippen LogP contribution in [0.4, 0.5) is 0 Å². The molecule has 0 unspecified atom stereocenters. The maximum Gasteiger partial charge on any atom is 0.222 e. The van der Waals surface area contributed by atoms with Gasteiger partial charge in [0.1, 0.15) is 0 Å². The zero-order valence-corrected chi connectivity index (χ0v) is 14.8. The molecule has 0 spiro atoms. The summed E-state index contributed by atoms with van der Waals surface area (Å²) in [5, 5.41) is 3.39. The van der Waals surface area contributed by atoms with Crippen molar-refractivity contribution in [2.45, 2.75) is 32.2 Å². The summed E-state index contributed by atoms with van der Waals surface area (Å²) in [5.74, 6) is 1.77. The first-order valence-electron chi connectivity index (χ1n) is 7.94. The van der Waals surface area contributed by atoms with Crippen molar-refractivity contribution in [3.63, 3.8) is 0 Å². The first-order chi connectivity index (χ1) is 10.7. The van der Waals surface area contributed by atoms with E-state index in [9.17, 15) is 4.79 Å². The summed E-state index contributed by atoms with van der Waals surface area (Å²) in [6, 6.07) is 5.91. The van der Waals surface area contributed by atoms with Crippen LogP contribution in [0.15, 0.2) is 18.2 Å². The standard InChI is InChI=1S/C17H26N2O3.ClH/c1-21-15-8-7-14(12-16(15)22-2)13-18-9-11-19-10-5-3-4-6-17(19)20;/h7-8,12,18H,3-6,9-11,13H2,1-2H3;1H. The Morgan fingerprint density at radius 1 is 1.13 bits per heavy atom. The number of carbonyl (C=O) groups excluding carboxylic acids is 1. The van der Waals surface area contributed by atoms with Crippen LogP contribution in [-0.4, -0.2) is 44.7 Å². The second kappa shape index (κ2) is 10.3. The Balaban J connectivity index is 0.00000264. The molecule has 0 radical (unpaired) electrons. The highest BCUT2D eigenvalue weighted by atomic mass is 35.5. The molecule has 130 valence electrons. The fourth-order valence-corrected chi connectivity index (χ4v) is 2.71. The van der Waals surface area contributed by atoms with Gasteiger partial charge in [-0.3, -0.25) is 4.79 Å². The molecule has 1 amide bonds. The lowest BCUT2D eigenvalue weighted by atomic mass is 10.2. The first kappa shape index (κ1) is 19.6. The highest BCUT2D eigenvalue weighted by molar-refractivity contribution is 5.85. The summed E-state index contributed by atoms with van der Waals surface area (Å²) in [6.45, 7) is 3.24. The van der Waals surface area contributed by atoms with Gasteiger partial charge in [0, 0.05) is 32.6 Å². The minimum absolute atomic E-state index is 0. The fourth-order valence-electron chi connectivity index (χ4n) is 2.71. The minimum atomic E-state index is 0. The minimum Gasteiger partial charge on any atom is -0.493 e. The topological polar surface area (TPSA) is 50.8 Å². The molecule has 6 heteroatoms. The first-order valence-corrected chi connectivity index (χ1v) is 7.94. The molecule has 0 saturated carbocycles. The maximum atomic E-state index is 11.9. The third-order valence-corrected chi connectivity index (χ3v) is 4.01. The molecule has 0 aliphatic carbocycles. The molecular formula is C17H27ClN2O3. The maximum absolute atomic E-state index is 11.9. The number of ether oxygens (including phenoxy) is 2. The molecule has 0 atom stereocenters. The van der Waals surface area contributed by atoms with Crippen molar-refractivity contribution in [1.29, 1.82) is 0 Å². The normalized spacial score (nSPS) is 14.9. The van der Waals surface area contributed by atoms with Gasteiger partial charge in [-0.25, -0.2) is 0 Å². The Labute approximate surface area is 144 Å². The zero-order valence-electron chi connectivity index (χ0n) is 14.0. The van der Waals surface area contributed by atoms with Gasteiger partial charge in [-0.1, -0.05) is 12.5 Å². The SMILES string of the molecule is COc1ccc(CNCCN2CCCCCC2=O)cc1OC.Cl. The molecule has 23 heavy (non-hydrogen) atoms. The van der Waals surface area contributed by atoms with Crippen molar-refractivity contribution in [2.24, 2.45) is 0 Å². The number of likely N-dealkylation sites (tertiary alicyclic amines) is 1. The van der Waals surface area contributed by atoms with E-state index in [4.69, 9.17) is 9.47 Å². The van der Waals surface area contributed by atoms with E-state index in [1.165, 1.54) is 6.42 Å². The third kappa shape index (κ3) is 5.92. The predicted octanol–water partition coefficient (Wildman–Crippen LogP) is 2.62. The van der Waals surface area contributed by atoms with Crippen LogP contribution in [-0.2, 0) is 11.3 Å². The van der Waals surface area contributed by atoms with Crippen LogP contribution in [0.1, 0.15) is 31.2 Å². The van der Waals surface area contributed by atoms with E-state index in [2.05, 4.69) is 5.32 Å². The number of amides is 1. The van der Waals surface area contributed by atoms with E-state index < -0.39 is 0 Å². The van der Waals surface area contributed by atoms with E-state index in [0.717, 1.165) is 56.1 Å². The molecule has 0 bridgehead atoms. The average Bonchev–Trinajstić information content (AvgIpc) is 2.75. The van der Waals surface area contributed by atoms with Crippen molar-refractivity contribution < 1.29 is 14.3 Å². The van der Waals surface area contributed by atoms with Gasteiger partial charge in [-0.15, -0.1) is 12.4 Å². The Hall–Kier alpha value is -1.46. The summed E-state index contributed by atoms with van der Waals surface area (Å²) >= 11 is 0. The molecule has 1 saturated heterocycles. The van der Waals surface area contributed by atoms with Gasteiger partial charge < -0.3 is 19.7 Å². The van der Waals surface area contributed by atoms with Crippen LogP contribution in [0, 0.1) is 0 Å². The number of hydrogen-bond donors (Lipinski definition) is 1. The lowest BCUT2D eigenvalue weighted by molar-refractivity contribution is -0.130. The second-order valence-corrected chi connectivity index (χ2v) is 5.56. The molecule has 2 rings (SSSR count). The van der Waals surface area contributed by atoms with Gasteiger partial charge in [-0.2, -0.15) is 0 Å². The summed E-state index contributed by atoms with van der Waals surface area (Å²) < 4.78 is 10.5. The zero-order chi connectivity index (χ0) is 15.8. The van der Waals surface area contributed by atoms with Crippen LogP contribution < -0.4 is 14.8 Å². The van der Waals surface area contributed by atoms with Crippen molar-refractivity contribution in [3.05, 3.63) is 23.8 Å². The number of rotatable bonds is 7. The van der Waals surface area contributed by atoms with E-state index in [-0.39, 0.29) is 12.4 Å². The van der Waals surface area contributed by atoms with Crippen LogP contribution in [0.3, 0.4) is 0 Å². The third-order valence-electron chi connectivity index (χ3n) is 4.01. The molecule has 1 aromatic rings. The summed E-state index contributed by atoms with van der Waals surface area (Å²) in [4.78, 5) is 13.9. The average molecular weight is 343 g/mol. The largest absolute Gasteiger partial charge is 0.493 e. The lowest BCUT2D eigenvalue weighted by Crippen LogP contribution is -2.36. The molecule has 0 aromatic heterocycles. The lowest BCUT2D eigenvalue weighted by Gasteiger charge is -2.20. The molecule has 5 nitrogen and oxygen atoms in total. The Kier molecular flexibility index (Phi) is 8.81. The van der Waals surface area contributed by atoms with Gasteiger partial charge in [0.05, 0.1) is 14.2 Å². The van der Waals surface area contributed by atoms with Crippen molar-refractivity contribution in [1.82, 2.24) is 10.2 Å². The molecule has 1 aliphatic heterocycles. The van der Waals surface area contributed by atoms with Crippen molar-refractivity contribution in [2.75, 3.05) is 33.9 Å². The van der Waals surface area contributed by atoms with Crippen molar-refractivity contribution >= 4 is 18.3 Å². The molecule has 1 fully saturated rings. The Morgan fingerprint density at radius 2 is 1.91 bits per heavy atom. The van der Waals surface area contributed by atoms with Gasteiger partial charge >= 0.3 is 0 Å². The smallest absolute Gasteiger partial charge is 0.222 e. The quantitative estimate of drug-likeness (QED) is 0.774. The number of carbonyl (C=O) groups is 1. The monoisotopic (exact) mass is 342 g/mol. The molecule has 1 heterocycles. The Morgan fingerprint density at radius 3 is 2.65 bits per heavy atom. The molecule has 1 aliphatic rings. The molecule has 1 aromatic carbocycles. The summed E-state index contributed by atoms with van der Waals surface area (Å²) in [7, 11) is 3.27. The van der Waals surface area contributed by atoms with E-state index in [0.29, 0.717) is 12.3 Å². The van der Waals surface area contributed by atoms with Gasteiger partial charge in [0.25, 0.3) is 0 Å². The number of benzene rings is 1. The number of nitrogens with zero attached hydrogens (tertiary/aromatic N) is 1. The van der Waals surface area contributed by atoms with E-state index in [1.54, 1.807) is 14.2 Å². The van der Waals surface area contributed by atoms with E-state index >= 15 is 0 Å². The molecular weight excluding hydrogens is 316 g/mol. The Bertz CT molecular complexity index is 497. The van der Waals surface area contributed by atoms with Crippen molar-refractivity contribution in [3.8, 4) is 11.5 Å². The van der Waals surface area contributed by atoms with Gasteiger partial charge in [-0.05, 0) is 30.5 Å². The number of halogens is 1. The molecule has 1 N–H and O–H groups in total. The highest BCUT2D eigenvalue weighted by Gasteiger charge is 2.15. The second-order valence-electron chi connectivity index (χ2n) is 5.56. The van der Waals surface area contributed by atoms with Gasteiger partial charge in [0.15, 0.2) is 11.5 Å². The van der Waals surface area contributed by atoms with Crippen LogP contribution >= 0.6 is 12.4 Å². The number of methoxy groups -OCH3 is 2. The predicted molar refractivity (Wildman–Crippen MR) is 93.5 cm³/mol. The number of hydrogen-bond acceptors (Lipinski definition) is 4. The number of nitrogens with one attached hydrogen (secondary N) is 1. The fraction of sp³-hybridized carbons (Fsp3) is 0.588. The van der Waals surface area contributed by atoms with Gasteiger partial charge in [0.2, 0.25) is 5.91 Å². The summed E-state index contributed by atoms with van der Waals surface area (Å²) in [5.41, 5.74) is 1.14. The highest BCUT2D eigenvalue weighted by Crippen LogP contribution is 2.27. The van der Waals surface area contributed by atoms with Crippen LogP contribution in [0.5, 0.6) is 11.5 Å².